The monoisotopic (exact) mass is 312 g/mol. The summed E-state index contributed by atoms with van der Waals surface area (Å²) in [6.45, 7) is 1.79. The minimum atomic E-state index is -1.05. The second-order valence-corrected chi connectivity index (χ2v) is 5.09. The van der Waals surface area contributed by atoms with Crippen LogP contribution < -0.4 is 10.1 Å². The van der Waals surface area contributed by atoms with Gasteiger partial charge in [0.1, 0.15) is 0 Å². The molecule has 0 aliphatic carbocycles. The maximum absolute atomic E-state index is 10.8. The summed E-state index contributed by atoms with van der Waals surface area (Å²) >= 11 is 0. The molecule has 7 nitrogen and oxygen atoms in total. The number of carbonyl (C=O) groups is 1. The molecule has 0 aliphatic rings. The Kier molecular flexibility index (Phi) is 3.84. The van der Waals surface area contributed by atoms with Crippen molar-refractivity contribution in [3.63, 3.8) is 0 Å². The summed E-state index contributed by atoms with van der Waals surface area (Å²) in [4.78, 5) is 19.5. The number of hydrogen-bond acceptors (Lipinski definition) is 4. The van der Waals surface area contributed by atoms with Gasteiger partial charge in [0.25, 0.3) is 5.88 Å². The maximum Gasteiger partial charge on any atom is 0.405 e. The van der Waals surface area contributed by atoms with E-state index in [-0.39, 0.29) is 6.04 Å². The zero-order valence-electron chi connectivity index (χ0n) is 12.7. The third-order valence-corrected chi connectivity index (χ3v) is 3.56. The van der Waals surface area contributed by atoms with Gasteiger partial charge in [-0.05, 0) is 18.6 Å². The highest BCUT2D eigenvalue weighted by Gasteiger charge is 2.12. The summed E-state index contributed by atoms with van der Waals surface area (Å²) in [5.41, 5.74) is 3.09. The Morgan fingerprint density at radius 1 is 1.43 bits per heavy atom. The lowest BCUT2D eigenvalue weighted by molar-refractivity contribution is 0.191. The van der Waals surface area contributed by atoms with E-state index < -0.39 is 6.09 Å². The number of aromatic nitrogens is 3. The second-order valence-electron chi connectivity index (χ2n) is 5.09. The Hall–Kier alpha value is -3.09. The smallest absolute Gasteiger partial charge is 0.405 e. The quantitative estimate of drug-likeness (QED) is 0.773. The van der Waals surface area contributed by atoms with Crippen molar-refractivity contribution in [1.29, 1.82) is 0 Å². The topological polar surface area (TPSA) is 88.8 Å². The maximum atomic E-state index is 10.8. The number of methoxy groups -OCH3 is 1. The first-order chi connectivity index (χ1) is 11.1. The molecule has 7 heteroatoms. The van der Waals surface area contributed by atoms with E-state index in [1.54, 1.807) is 20.2 Å². The van der Waals surface area contributed by atoms with E-state index in [4.69, 9.17) is 9.84 Å². The van der Waals surface area contributed by atoms with Gasteiger partial charge in [-0.15, -0.1) is 0 Å². The summed E-state index contributed by atoms with van der Waals surface area (Å²) in [6.07, 6.45) is 4.31. The highest BCUT2D eigenvalue weighted by molar-refractivity contribution is 5.66. The molecule has 1 amide bonds. The highest BCUT2D eigenvalue weighted by Crippen LogP contribution is 2.25. The molecule has 0 saturated heterocycles. The lowest BCUT2D eigenvalue weighted by atomic mass is 10.0. The molecule has 0 bridgehead atoms. The van der Waals surface area contributed by atoms with Crippen molar-refractivity contribution in [2.75, 3.05) is 7.11 Å². The number of rotatable bonds is 4. The zero-order chi connectivity index (χ0) is 16.4. The predicted molar refractivity (Wildman–Crippen MR) is 84.6 cm³/mol. The van der Waals surface area contributed by atoms with Crippen molar-refractivity contribution in [1.82, 2.24) is 19.7 Å². The number of hydrogen-bond donors (Lipinski definition) is 2. The predicted octanol–water partition coefficient (Wildman–Crippen LogP) is 2.73. The molecule has 3 aromatic rings. The number of carboxylic acid groups (broad SMARTS) is 1. The Morgan fingerprint density at radius 3 is 3.00 bits per heavy atom. The van der Waals surface area contributed by atoms with Gasteiger partial charge in [-0.3, -0.25) is 0 Å². The van der Waals surface area contributed by atoms with Crippen molar-refractivity contribution in [2.24, 2.45) is 0 Å². The average Bonchev–Trinajstić information content (AvgIpc) is 3.02. The lowest BCUT2D eigenvalue weighted by Crippen LogP contribution is -2.24. The number of amides is 1. The van der Waals surface area contributed by atoms with Gasteiger partial charge in [0.2, 0.25) is 0 Å². The molecular weight excluding hydrogens is 296 g/mol. The molecule has 2 N–H and O–H groups in total. The van der Waals surface area contributed by atoms with Crippen LogP contribution in [0.3, 0.4) is 0 Å². The fraction of sp³-hybridized carbons (Fsp3) is 0.188. The van der Waals surface area contributed by atoms with Gasteiger partial charge in [0.05, 0.1) is 18.8 Å². The highest BCUT2D eigenvalue weighted by atomic mass is 16.5. The standard InChI is InChI=1S/C16H16N4O3/c1-10(18-16(21)22)11-4-3-5-12(8-11)13-9-20-7-6-17-14(20)15(19-13)23-2/h3-10,18H,1-2H3,(H,21,22). The lowest BCUT2D eigenvalue weighted by Gasteiger charge is -2.13. The number of benzene rings is 1. The Balaban J connectivity index is 2.03. The summed E-state index contributed by atoms with van der Waals surface area (Å²) in [5.74, 6) is 0.439. The second kappa shape index (κ2) is 5.96. The van der Waals surface area contributed by atoms with Crippen LogP contribution in [0.15, 0.2) is 42.9 Å². The molecule has 1 atom stereocenters. The molecule has 2 aromatic heterocycles. The molecule has 0 radical (unpaired) electrons. The van der Waals surface area contributed by atoms with Gasteiger partial charge in [-0.2, -0.15) is 0 Å². The molecule has 1 aromatic carbocycles. The molecule has 0 aliphatic heterocycles. The van der Waals surface area contributed by atoms with Gasteiger partial charge >= 0.3 is 6.09 Å². The van der Waals surface area contributed by atoms with Crippen molar-refractivity contribution >= 4 is 11.7 Å². The number of nitrogens with zero attached hydrogens (tertiary/aromatic N) is 3. The molecular formula is C16H16N4O3. The van der Waals surface area contributed by atoms with Crippen molar-refractivity contribution in [3.05, 3.63) is 48.4 Å². The molecule has 2 heterocycles. The zero-order valence-corrected chi connectivity index (χ0v) is 12.7. The summed E-state index contributed by atoms with van der Waals surface area (Å²) in [7, 11) is 1.55. The molecule has 23 heavy (non-hydrogen) atoms. The molecule has 1 unspecified atom stereocenters. The van der Waals surface area contributed by atoms with Crippen LogP contribution in [0.4, 0.5) is 4.79 Å². The van der Waals surface area contributed by atoms with E-state index in [1.165, 1.54) is 0 Å². The van der Waals surface area contributed by atoms with Crippen molar-refractivity contribution in [3.8, 4) is 17.1 Å². The molecule has 0 saturated carbocycles. The third-order valence-electron chi connectivity index (χ3n) is 3.56. The minimum Gasteiger partial charge on any atom is -0.478 e. The van der Waals surface area contributed by atoms with E-state index in [1.807, 2.05) is 41.1 Å². The van der Waals surface area contributed by atoms with Crippen LogP contribution in [0, 0.1) is 0 Å². The van der Waals surface area contributed by atoms with Crippen LogP contribution in [-0.2, 0) is 0 Å². The van der Waals surface area contributed by atoms with E-state index in [0.29, 0.717) is 11.5 Å². The van der Waals surface area contributed by atoms with Crippen LogP contribution in [0.1, 0.15) is 18.5 Å². The van der Waals surface area contributed by atoms with Gasteiger partial charge in [-0.1, -0.05) is 18.2 Å². The molecule has 3 rings (SSSR count). The van der Waals surface area contributed by atoms with Crippen LogP contribution in [0.25, 0.3) is 16.9 Å². The van der Waals surface area contributed by atoms with Gasteiger partial charge in [0, 0.05) is 24.2 Å². The van der Waals surface area contributed by atoms with Gasteiger partial charge in [0.15, 0.2) is 5.65 Å². The Bertz CT molecular complexity index is 859. The van der Waals surface area contributed by atoms with E-state index in [9.17, 15) is 4.79 Å². The summed E-state index contributed by atoms with van der Waals surface area (Å²) in [5, 5.41) is 11.3. The Morgan fingerprint density at radius 2 is 2.26 bits per heavy atom. The van der Waals surface area contributed by atoms with Crippen molar-refractivity contribution in [2.45, 2.75) is 13.0 Å². The van der Waals surface area contributed by atoms with Crippen LogP contribution in [0.5, 0.6) is 5.88 Å². The van der Waals surface area contributed by atoms with Crippen LogP contribution in [-0.4, -0.2) is 32.7 Å². The summed E-state index contributed by atoms with van der Waals surface area (Å²) < 4.78 is 7.13. The first kappa shape index (κ1) is 14.8. The largest absolute Gasteiger partial charge is 0.478 e. The normalized spacial score (nSPS) is 12.1. The Labute approximate surface area is 132 Å². The fourth-order valence-corrected chi connectivity index (χ4v) is 2.41. The molecule has 0 spiro atoms. The van der Waals surface area contributed by atoms with E-state index in [0.717, 1.165) is 16.8 Å². The molecule has 118 valence electrons. The first-order valence-corrected chi connectivity index (χ1v) is 7.06. The first-order valence-electron chi connectivity index (χ1n) is 7.06. The third kappa shape index (κ3) is 2.94. The number of imidazole rings is 1. The van der Waals surface area contributed by atoms with E-state index in [2.05, 4.69) is 15.3 Å². The number of ether oxygens (including phenoxy) is 1. The minimum absolute atomic E-state index is 0.314. The van der Waals surface area contributed by atoms with Gasteiger partial charge in [-0.25, -0.2) is 14.8 Å². The fourth-order valence-electron chi connectivity index (χ4n) is 2.41. The van der Waals surface area contributed by atoms with Crippen molar-refractivity contribution < 1.29 is 14.6 Å². The van der Waals surface area contributed by atoms with Crippen LogP contribution in [0.2, 0.25) is 0 Å². The number of nitrogens with one attached hydrogen (secondary N) is 1. The molecule has 0 fully saturated rings. The summed E-state index contributed by atoms with van der Waals surface area (Å²) in [6, 6.07) is 7.26. The van der Waals surface area contributed by atoms with E-state index >= 15 is 0 Å². The SMILES string of the molecule is COc1nc(-c2cccc(C(C)NC(=O)O)c2)cn2ccnc12. The number of fused-ring (bicyclic) bond motifs is 1. The average molecular weight is 312 g/mol. The van der Waals surface area contributed by atoms with Crippen LogP contribution >= 0.6 is 0 Å². The van der Waals surface area contributed by atoms with Gasteiger partial charge < -0.3 is 19.6 Å².